The van der Waals surface area contributed by atoms with E-state index in [9.17, 15) is 0 Å². The van der Waals surface area contributed by atoms with Gasteiger partial charge in [0.25, 0.3) is 0 Å². The minimum Gasteiger partial charge on any atom is -0.455 e. The van der Waals surface area contributed by atoms with Crippen LogP contribution in [0.4, 0.5) is 0 Å². The lowest BCUT2D eigenvalue weighted by molar-refractivity contribution is 0.670. The summed E-state index contributed by atoms with van der Waals surface area (Å²) < 4.78 is 13.2. The number of rotatable bonds is 5. The largest absolute Gasteiger partial charge is 0.455 e. The van der Waals surface area contributed by atoms with E-state index in [-0.39, 0.29) is 0 Å². The fourth-order valence-electron chi connectivity index (χ4n) is 8.50. The van der Waals surface area contributed by atoms with Gasteiger partial charge in [-0.1, -0.05) is 146 Å². The van der Waals surface area contributed by atoms with Gasteiger partial charge in [0.05, 0.1) is 22.6 Å². The van der Waals surface area contributed by atoms with Crippen molar-refractivity contribution >= 4 is 65.6 Å². The van der Waals surface area contributed by atoms with E-state index in [4.69, 9.17) is 23.8 Å². The quantitative estimate of drug-likeness (QED) is 0.164. The maximum Gasteiger partial charge on any atom is 0.160 e. The summed E-state index contributed by atoms with van der Waals surface area (Å²) in [6.07, 6.45) is 0. The van der Waals surface area contributed by atoms with E-state index in [0.717, 1.165) is 116 Å². The smallest absolute Gasteiger partial charge is 0.160 e. The Morgan fingerprint density at radius 3 is 1.79 bits per heavy atom. The lowest BCUT2D eigenvalue weighted by atomic mass is 9.97. The lowest BCUT2D eigenvalue weighted by Crippen LogP contribution is -1.96. The molecule has 58 heavy (non-hydrogen) atoms. The van der Waals surface area contributed by atoms with Crippen LogP contribution in [-0.2, 0) is 0 Å². The Hall–Kier alpha value is -7.89. The van der Waals surface area contributed by atoms with Gasteiger partial charge in [0.2, 0.25) is 0 Å². The molecule has 4 aromatic heterocycles. The van der Waals surface area contributed by atoms with Crippen molar-refractivity contribution in [2.75, 3.05) is 0 Å². The Morgan fingerprint density at radius 2 is 0.948 bits per heavy atom. The highest BCUT2D eigenvalue weighted by atomic mass is 16.3. The number of hydrogen-bond acceptors (Lipinski definition) is 5. The molecule has 0 N–H and O–H groups in total. The van der Waals surface area contributed by atoms with E-state index in [1.54, 1.807) is 0 Å². The second kappa shape index (κ2) is 12.8. The Labute approximate surface area is 332 Å². The Balaban J connectivity index is 0.968. The normalized spacial score (nSPS) is 11.8. The molecule has 4 heterocycles. The first-order valence-corrected chi connectivity index (χ1v) is 19.4. The predicted octanol–water partition coefficient (Wildman–Crippen LogP) is 14.3. The average molecular weight is 742 g/mol. The van der Waals surface area contributed by atoms with E-state index in [1.165, 1.54) is 0 Å². The van der Waals surface area contributed by atoms with Crippen LogP contribution in [0.15, 0.2) is 197 Å². The highest BCUT2D eigenvalue weighted by Crippen LogP contribution is 2.42. The van der Waals surface area contributed by atoms with Crippen LogP contribution in [0.1, 0.15) is 0 Å². The SMILES string of the molecule is c1ccc(-c2nc(-c3ccc(-c4ccc5oc6c(ccc7c(-c8ccccc8)nc8ccccc8c76)c5c4)cc3)cc(-c3cccc4c3oc3ccccc34)n2)cc1. The van der Waals surface area contributed by atoms with Gasteiger partial charge in [0.15, 0.2) is 5.82 Å². The molecule has 8 aromatic carbocycles. The van der Waals surface area contributed by atoms with Crippen LogP contribution < -0.4 is 0 Å². The summed E-state index contributed by atoms with van der Waals surface area (Å²) in [5.41, 5.74) is 13.1. The standard InChI is InChI=1S/C53H31N3O2/c1-3-12-34(13-4-1)50-42-28-27-39-43-30-36(26-29-48(43)58-52(39)49(42)40-17-7-9-20-44(40)54-50)32-22-24-33(25-23-32)45-31-46(56-53(55-45)35-14-5-2-6-15-35)41-19-11-18-38-37-16-8-10-21-47(37)57-51(38)41/h1-31H. The van der Waals surface area contributed by atoms with E-state index < -0.39 is 0 Å². The molecule has 0 aliphatic heterocycles. The van der Waals surface area contributed by atoms with Crippen LogP contribution >= 0.6 is 0 Å². The molecule has 0 unspecified atom stereocenters. The third kappa shape index (κ3) is 5.14. The summed E-state index contributed by atoms with van der Waals surface area (Å²) in [5, 5.41) is 7.55. The van der Waals surface area contributed by atoms with Crippen molar-refractivity contribution in [2.24, 2.45) is 0 Å². The van der Waals surface area contributed by atoms with Gasteiger partial charge in [-0.2, -0.15) is 0 Å². The summed E-state index contributed by atoms with van der Waals surface area (Å²) in [6.45, 7) is 0. The van der Waals surface area contributed by atoms with Gasteiger partial charge >= 0.3 is 0 Å². The first-order chi connectivity index (χ1) is 28.7. The van der Waals surface area contributed by atoms with Crippen molar-refractivity contribution < 1.29 is 8.83 Å². The zero-order chi connectivity index (χ0) is 38.2. The molecular weight excluding hydrogens is 711 g/mol. The Bertz CT molecular complexity index is 3550. The van der Waals surface area contributed by atoms with Gasteiger partial charge in [-0.15, -0.1) is 0 Å². The zero-order valence-corrected chi connectivity index (χ0v) is 31.1. The molecule has 5 heteroatoms. The van der Waals surface area contributed by atoms with Gasteiger partial charge in [-0.05, 0) is 53.6 Å². The van der Waals surface area contributed by atoms with Crippen molar-refractivity contribution in [1.82, 2.24) is 15.0 Å². The average Bonchev–Trinajstić information content (AvgIpc) is 3.87. The van der Waals surface area contributed by atoms with Crippen LogP contribution in [0.5, 0.6) is 0 Å². The van der Waals surface area contributed by atoms with E-state index >= 15 is 0 Å². The number of benzene rings is 8. The molecule has 0 radical (unpaired) electrons. The topological polar surface area (TPSA) is 65.0 Å². The number of fused-ring (bicyclic) bond motifs is 10. The fraction of sp³-hybridized carbons (Fsp3) is 0. The molecular formula is C53H31N3O2. The minimum absolute atomic E-state index is 0.662. The molecule has 0 saturated heterocycles. The number of pyridine rings is 1. The highest BCUT2D eigenvalue weighted by Gasteiger charge is 2.19. The summed E-state index contributed by atoms with van der Waals surface area (Å²) >= 11 is 0. The van der Waals surface area contributed by atoms with Crippen molar-refractivity contribution in [3.8, 4) is 56.3 Å². The van der Waals surface area contributed by atoms with E-state index in [0.29, 0.717) is 5.82 Å². The van der Waals surface area contributed by atoms with E-state index in [1.807, 2.05) is 60.7 Å². The molecule has 12 rings (SSSR count). The molecule has 0 saturated carbocycles. The molecule has 0 spiro atoms. The van der Waals surface area contributed by atoms with Gasteiger partial charge < -0.3 is 8.83 Å². The van der Waals surface area contributed by atoms with Crippen molar-refractivity contribution in [1.29, 1.82) is 0 Å². The molecule has 0 atom stereocenters. The number of para-hydroxylation sites is 3. The number of furan rings is 2. The summed E-state index contributed by atoms with van der Waals surface area (Å²) in [7, 11) is 0. The molecule has 5 nitrogen and oxygen atoms in total. The monoisotopic (exact) mass is 741 g/mol. The maximum atomic E-state index is 6.72. The Kier molecular flexibility index (Phi) is 7.16. The van der Waals surface area contributed by atoms with Crippen LogP contribution in [0, 0.1) is 0 Å². The van der Waals surface area contributed by atoms with E-state index in [2.05, 4.69) is 127 Å². The second-order valence-electron chi connectivity index (χ2n) is 14.7. The van der Waals surface area contributed by atoms with Gasteiger partial charge in [-0.25, -0.2) is 15.0 Å². The molecule has 0 bridgehead atoms. The van der Waals surface area contributed by atoms with Gasteiger partial charge in [-0.3, -0.25) is 0 Å². The second-order valence-corrected chi connectivity index (χ2v) is 14.7. The molecule has 0 aliphatic carbocycles. The first kappa shape index (κ1) is 32.4. The Morgan fingerprint density at radius 1 is 0.328 bits per heavy atom. The summed E-state index contributed by atoms with van der Waals surface area (Å²) in [5.74, 6) is 0.662. The maximum absolute atomic E-state index is 6.72. The van der Waals surface area contributed by atoms with Crippen LogP contribution in [0.3, 0.4) is 0 Å². The molecule has 12 aromatic rings. The molecule has 270 valence electrons. The van der Waals surface area contributed by atoms with Crippen LogP contribution in [0.2, 0.25) is 0 Å². The minimum atomic E-state index is 0.662. The lowest BCUT2D eigenvalue weighted by Gasteiger charge is -2.10. The van der Waals surface area contributed by atoms with Crippen molar-refractivity contribution in [3.05, 3.63) is 188 Å². The summed E-state index contributed by atoms with van der Waals surface area (Å²) in [4.78, 5) is 15.3. The zero-order valence-electron chi connectivity index (χ0n) is 31.1. The highest BCUT2D eigenvalue weighted by molar-refractivity contribution is 6.25. The summed E-state index contributed by atoms with van der Waals surface area (Å²) in [6, 6.07) is 64.8. The van der Waals surface area contributed by atoms with Crippen LogP contribution in [-0.4, -0.2) is 15.0 Å². The van der Waals surface area contributed by atoms with Crippen molar-refractivity contribution in [3.63, 3.8) is 0 Å². The number of hydrogen-bond donors (Lipinski definition) is 0. The third-order valence-electron chi connectivity index (χ3n) is 11.3. The molecule has 0 aliphatic rings. The predicted molar refractivity (Wildman–Crippen MR) is 237 cm³/mol. The molecule has 0 fully saturated rings. The first-order valence-electron chi connectivity index (χ1n) is 19.4. The van der Waals surface area contributed by atoms with Crippen LogP contribution in [0.25, 0.3) is 122 Å². The molecule has 0 amide bonds. The third-order valence-corrected chi connectivity index (χ3v) is 11.3. The fourth-order valence-corrected chi connectivity index (χ4v) is 8.50. The van der Waals surface area contributed by atoms with Gasteiger partial charge in [0.1, 0.15) is 22.3 Å². The van der Waals surface area contributed by atoms with Crippen molar-refractivity contribution in [2.45, 2.75) is 0 Å². The number of nitrogens with zero attached hydrogens (tertiary/aromatic N) is 3. The number of aromatic nitrogens is 3. The van der Waals surface area contributed by atoms with Gasteiger partial charge in [0, 0.05) is 60.0 Å².